The van der Waals surface area contributed by atoms with Crippen LogP contribution in [0, 0.1) is 0 Å². The van der Waals surface area contributed by atoms with E-state index < -0.39 is 8.32 Å². The second-order valence-electron chi connectivity index (χ2n) is 7.28. The molecular weight excluding hydrogens is 288 g/mol. The Labute approximate surface area is 135 Å². The normalized spacial score (nSPS) is 12.6. The van der Waals surface area contributed by atoms with Crippen LogP contribution in [0.1, 0.15) is 32.9 Å². The Morgan fingerprint density at radius 1 is 1.09 bits per heavy atom. The lowest BCUT2D eigenvalue weighted by atomic mass is 10.2. The van der Waals surface area contributed by atoms with E-state index in [0.717, 1.165) is 25.1 Å². The number of nitrogens with zero attached hydrogens (tertiary/aromatic N) is 2. The highest BCUT2D eigenvalue weighted by atomic mass is 28.4. The Morgan fingerprint density at radius 3 is 2.41 bits per heavy atom. The molecule has 4 heteroatoms. The zero-order chi connectivity index (χ0) is 16.2. The summed E-state index contributed by atoms with van der Waals surface area (Å²) in [7, 11) is -1.63. The van der Waals surface area contributed by atoms with Crippen LogP contribution in [0.25, 0.3) is 5.69 Å². The average Bonchev–Trinajstić information content (AvgIpc) is 2.92. The van der Waals surface area contributed by atoms with E-state index in [1.54, 1.807) is 0 Å². The van der Waals surface area contributed by atoms with Crippen molar-refractivity contribution in [1.29, 1.82) is 0 Å². The molecule has 1 heterocycles. The summed E-state index contributed by atoms with van der Waals surface area (Å²) in [4.78, 5) is 0. The number of hydrogen-bond acceptors (Lipinski definition) is 2. The molecule has 3 nitrogen and oxygen atoms in total. The van der Waals surface area contributed by atoms with E-state index in [4.69, 9.17) is 4.43 Å². The number of aromatic nitrogens is 2. The van der Waals surface area contributed by atoms with Gasteiger partial charge in [0.2, 0.25) is 0 Å². The van der Waals surface area contributed by atoms with Crippen LogP contribution in [-0.2, 0) is 10.8 Å². The van der Waals surface area contributed by atoms with Gasteiger partial charge in [-0.15, -0.1) is 0 Å². The van der Waals surface area contributed by atoms with E-state index in [1.165, 1.54) is 5.69 Å². The third-order valence-electron chi connectivity index (χ3n) is 4.57. The predicted octanol–water partition coefficient (Wildman–Crippen LogP) is 4.83. The molecule has 0 saturated heterocycles. The first-order chi connectivity index (χ1) is 10.3. The van der Waals surface area contributed by atoms with Crippen molar-refractivity contribution < 1.29 is 4.43 Å². The summed E-state index contributed by atoms with van der Waals surface area (Å²) < 4.78 is 8.27. The molecule has 0 bridgehead atoms. The van der Waals surface area contributed by atoms with Gasteiger partial charge in [0.15, 0.2) is 8.32 Å². The molecule has 0 saturated carbocycles. The molecule has 0 spiro atoms. The first kappa shape index (κ1) is 17.0. The van der Waals surface area contributed by atoms with Gasteiger partial charge in [0, 0.05) is 18.5 Å². The zero-order valence-electron chi connectivity index (χ0n) is 14.5. The van der Waals surface area contributed by atoms with Gasteiger partial charge in [-0.05, 0) is 49.2 Å². The maximum atomic E-state index is 6.25. The number of benzene rings is 1. The minimum atomic E-state index is -1.63. The van der Waals surface area contributed by atoms with Crippen molar-refractivity contribution in [3.8, 4) is 5.69 Å². The fraction of sp³-hybridized carbons (Fsp3) is 0.500. The molecule has 22 heavy (non-hydrogen) atoms. The minimum Gasteiger partial charge on any atom is -0.417 e. The Bertz CT molecular complexity index is 585. The highest BCUT2D eigenvalue weighted by Crippen LogP contribution is 2.36. The third-order valence-corrected chi connectivity index (χ3v) is 9.11. The van der Waals surface area contributed by atoms with Crippen molar-refractivity contribution >= 4 is 8.32 Å². The molecule has 1 aromatic heterocycles. The standard InChI is InChI=1S/C18H28N2OSi/c1-18(2,3)22(4,5)21-15-9-12-17-13-14-19-20(17)16-10-7-6-8-11-16/h6-8,10-11,13-14H,9,12,15H2,1-5H3. The largest absolute Gasteiger partial charge is 0.417 e. The Balaban J connectivity index is 1.91. The second kappa shape index (κ2) is 6.80. The number of rotatable bonds is 6. The molecule has 0 atom stereocenters. The smallest absolute Gasteiger partial charge is 0.191 e. The average molecular weight is 317 g/mol. The maximum Gasteiger partial charge on any atom is 0.191 e. The summed E-state index contributed by atoms with van der Waals surface area (Å²) in [6, 6.07) is 12.4. The van der Waals surface area contributed by atoms with Gasteiger partial charge < -0.3 is 4.43 Å². The summed E-state index contributed by atoms with van der Waals surface area (Å²) in [5, 5.41) is 4.71. The predicted molar refractivity (Wildman–Crippen MR) is 95.0 cm³/mol. The number of hydrogen-bond donors (Lipinski definition) is 0. The van der Waals surface area contributed by atoms with Crippen molar-refractivity contribution in [2.24, 2.45) is 0 Å². The van der Waals surface area contributed by atoms with Crippen LogP contribution < -0.4 is 0 Å². The topological polar surface area (TPSA) is 27.1 Å². The summed E-state index contributed by atoms with van der Waals surface area (Å²) in [5.41, 5.74) is 2.36. The zero-order valence-corrected chi connectivity index (χ0v) is 15.5. The highest BCUT2D eigenvalue weighted by molar-refractivity contribution is 6.74. The Kier molecular flexibility index (Phi) is 5.24. The molecule has 0 N–H and O–H groups in total. The summed E-state index contributed by atoms with van der Waals surface area (Å²) in [6.45, 7) is 12.3. The lowest BCUT2D eigenvalue weighted by molar-refractivity contribution is 0.282. The monoisotopic (exact) mass is 316 g/mol. The molecular formula is C18H28N2OSi. The van der Waals surface area contributed by atoms with Crippen LogP contribution in [0.15, 0.2) is 42.6 Å². The van der Waals surface area contributed by atoms with Gasteiger partial charge in [-0.2, -0.15) is 5.10 Å². The molecule has 0 unspecified atom stereocenters. The van der Waals surface area contributed by atoms with Gasteiger partial charge in [0.05, 0.1) is 5.69 Å². The second-order valence-corrected chi connectivity index (χ2v) is 12.1. The van der Waals surface area contributed by atoms with Crippen molar-refractivity contribution in [1.82, 2.24) is 9.78 Å². The summed E-state index contributed by atoms with van der Waals surface area (Å²) >= 11 is 0. The first-order valence-corrected chi connectivity index (χ1v) is 10.9. The summed E-state index contributed by atoms with van der Waals surface area (Å²) in [5.74, 6) is 0. The Hall–Kier alpha value is -1.39. The van der Waals surface area contributed by atoms with E-state index in [1.807, 2.05) is 29.1 Å². The maximum absolute atomic E-state index is 6.25. The number of aryl methyl sites for hydroxylation is 1. The van der Waals surface area contributed by atoms with Gasteiger partial charge in [0.1, 0.15) is 0 Å². The van der Waals surface area contributed by atoms with Crippen molar-refractivity contribution in [2.75, 3.05) is 6.61 Å². The quantitative estimate of drug-likeness (QED) is 0.564. The van der Waals surface area contributed by atoms with E-state index >= 15 is 0 Å². The third kappa shape index (κ3) is 4.08. The van der Waals surface area contributed by atoms with E-state index in [0.29, 0.717) is 0 Å². The molecule has 0 aliphatic rings. The molecule has 2 rings (SSSR count). The fourth-order valence-electron chi connectivity index (χ4n) is 2.12. The van der Waals surface area contributed by atoms with Crippen molar-refractivity contribution in [3.05, 3.63) is 48.3 Å². The lowest BCUT2D eigenvalue weighted by Gasteiger charge is -2.36. The molecule has 0 amide bonds. The van der Waals surface area contributed by atoms with Gasteiger partial charge in [-0.1, -0.05) is 39.0 Å². The first-order valence-electron chi connectivity index (χ1n) is 8.03. The highest BCUT2D eigenvalue weighted by Gasteiger charge is 2.36. The van der Waals surface area contributed by atoms with E-state index in [9.17, 15) is 0 Å². The SMILES string of the molecule is CC(C)(C)[Si](C)(C)OCCCc1ccnn1-c1ccccc1. The summed E-state index contributed by atoms with van der Waals surface area (Å²) in [6.07, 6.45) is 3.89. The van der Waals surface area contributed by atoms with Crippen molar-refractivity contribution in [2.45, 2.75) is 51.7 Å². The molecule has 1 aromatic carbocycles. The Morgan fingerprint density at radius 2 is 1.77 bits per heavy atom. The fourth-order valence-corrected chi connectivity index (χ4v) is 3.21. The van der Waals surface area contributed by atoms with Crippen LogP contribution in [0.3, 0.4) is 0 Å². The molecule has 0 aliphatic carbocycles. The molecule has 0 fully saturated rings. The lowest BCUT2D eigenvalue weighted by Crippen LogP contribution is -2.41. The molecule has 120 valence electrons. The van der Waals surface area contributed by atoms with Crippen LogP contribution in [0.5, 0.6) is 0 Å². The van der Waals surface area contributed by atoms with Crippen LogP contribution in [0.2, 0.25) is 18.1 Å². The van der Waals surface area contributed by atoms with Crippen LogP contribution in [0.4, 0.5) is 0 Å². The molecule has 2 aromatic rings. The van der Waals surface area contributed by atoms with Gasteiger partial charge >= 0.3 is 0 Å². The van der Waals surface area contributed by atoms with Gasteiger partial charge in [-0.25, -0.2) is 4.68 Å². The van der Waals surface area contributed by atoms with Crippen LogP contribution >= 0.6 is 0 Å². The van der Waals surface area contributed by atoms with E-state index in [-0.39, 0.29) is 5.04 Å². The molecule has 0 radical (unpaired) electrons. The van der Waals surface area contributed by atoms with Gasteiger partial charge in [-0.3, -0.25) is 0 Å². The molecule has 0 aliphatic heterocycles. The van der Waals surface area contributed by atoms with Crippen LogP contribution in [-0.4, -0.2) is 24.7 Å². The van der Waals surface area contributed by atoms with Gasteiger partial charge in [0.25, 0.3) is 0 Å². The van der Waals surface area contributed by atoms with E-state index in [2.05, 4.69) is 57.2 Å². The number of para-hydroxylation sites is 1. The van der Waals surface area contributed by atoms with Crippen molar-refractivity contribution in [3.63, 3.8) is 0 Å². The minimum absolute atomic E-state index is 0.277.